The summed E-state index contributed by atoms with van der Waals surface area (Å²) in [5.41, 5.74) is 5.53. The number of nitrogens with one attached hydrogen (secondary N) is 1. The van der Waals surface area contributed by atoms with Gasteiger partial charge in [0, 0.05) is 17.8 Å². The van der Waals surface area contributed by atoms with Crippen molar-refractivity contribution < 1.29 is 0 Å². The molecule has 1 atom stereocenters. The van der Waals surface area contributed by atoms with Crippen LogP contribution in [0.15, 0.2) is 22.2 Å². The van der Waals surface area contributed by atoms with E-state index in [0.29, 0.717) is 5.82 Å². The molecule has 16 heavy (non-hydrogen) atoms. The molecule has 0 spiro atoms. The van der Waals surface area contributed by atoms with Gasteiger partial charge in [0.1, 0.15) is 10.8 Å². The third-order valence-electron chi connectivity index (χ3n) is 1.94. The number of nitrogens with two attached hydrogens (primary N) is 1. The van der Waals surface area contributed by atoms with Crippen molar-refractivity contribution in [1.29, 1.82) is 0 Å². The standard InChI is InChI=1S/C9H10BrN5S/c1-5(8-12-2-3-16-8)14-7-6(10)4-13-9(11)15-7/h2-5H,1H3,(H3,11,13,14,15). The smallest absolute Gasteiger partial charge is 0.221 e. The van der Waals surface area contributed by atoms with Crippen LogP contribution in [0.4, 0.5) is 11.8 Å². The van der Waals surface area contributed by atoms with Gasteiger partial charge in [-0.05, 0) is 22.9 Å². The summed E-state index contributed by atoms with van der Waals surface area (Å²) in [7, 11) is 0. The van der Waals surface area contributed by atoms with Gasteiger partial charge in [-0.25, -0.2) is 9.97 Å². The van der Waals surface area contributed by atoms with Crippen LogP contribution in [0.5, 0.6) is 0 Å². The van der Waals surface area contributed by atoms with Crippen LogP contribution in [0.25, 0.3) is 0 Å². The lowest BCUT2D eigenvalue weighted by molar-refractivity contribution is 0.857. The van der Waals surface area contributed by atoms with Crippen molar-refractivity contribution in [2.24, 2.45) is 0 Å². The number of anilines is 2. The van der Waals surface area contributed by atoms with E-state index in [4.69, 9.17) is 5.73 Å². The second kappa shape index (κ2) is 4.75. The van der Waals surface area contributed by atoms with Crippen LogP contribution in [-0.4, -0.2) is 15.0 Å². The van der Waals surface area contributed by atoms with E-state index in [1.54, 1.807) is 23.7 Å². The number of rotatable bonds is 3. The Hall–Kier alpha value is -1.21. The zero-order valence-corrected chi connectivity index (χ0v) is 10.9. The van der Waals surface area contributed by atoms with Gasteiger partial charge in [-0.2, -0.15) is 4.98 Å². The van der Waals surface area contributed by atoms with Crippen LogP contribution in [-0.2, 0) is 0 Å². The number of aromatic nitrogens is 3. The molecule has 2 aromatic heterocycles. The lowest BCUT2D eigenvalue weighted by atomic mass is 10.3. The van der Waals surface area contributed by atoms with Gasteiger partial charge in [0.15, 0.2) is 0 Å². The van der Waals surface area contributed by atoms with Gasteiger partial charge in [0.2, 0.25) is 5.95 Å². The summed E-state index contributed by atoms with van der Waals surface area (Å²) < 4.78 is 0.783. The van der Waals surface area contributed by atoms with Crippen LogP contribution < -0.4 is 11.1 Å². The van der Waals surface area contributed by atoms with Crippen molar-refractivity contribution >= 4 is 39.0 Å². The lowest BCUT2D eigenvalue weighted by Crippen LogP contribution is -2.09. The molecule has 5 nitrogen and oxygen atoms in total. The summed E-state index contributed by atoms with van der Waals surface area (Å²) in [6.07, 6.45) is 3.40. The number of nitrogens with zero attached hydrogens (tertiary/aromatic N) is 3. The third-order valence-corrected chi connectivity index (χ3v) is 3.48. The zero-order chi connectivity index (χ0) is 11.5. The van der Waals surface area contributed by atoms with E-state index in [-0.39, 0.29) is 12.0 Å². The molecular formula is C9H10BrN5S. The number of hydrogen-bond donors (Lipinski definition) is 2. The van der Waals surface area contributed by atoms with E-state index >= 15 is 0 Å². The van der Waals surface area contributed by atoms with Crippen LogP contribution in [0.3, 0.4) is 0 Å². The Bertz CT molecular complexity index is 473. The highest BCUT2D eigenvalue weighted by atomic mass is 79.9. The summed E-state index contributed by atoms with van der Waals surface area (Å²) in [5, 5.41) is 6.17. The lowest BCUT2D eigenvalue weighted by Gasteiger charge is -2.12. The second-order valence-electron chi connectivity index (χ2n) is 3.16. The average Bonchev–Trinajstić information content (AvgIpc) is 2.76. The normalized spacial score (nSPS) is 12.4. The van der Waals surface area contributed by atoms with Gasteiger partial charge in [0.25, 0.3) is 0 Å². The number of halogens is 1. The van der Waals surface area contributed by atoms with Gasteiger partial charge in [0.05, 0.1) is 10.5 Å². The first kappa shape index (κ1) is 11.3. The Balaban J connectivity index is 2.17. The topological polar surface area (TPSA) is 76.7 Å². The quantitative estimate of drug-likeness (QED) is 0.910. The van der Waals surface area contributed by atoms with Crippen LogP contribution in [0.2, 0.25) is 0 Å². The van der Waals surface area contributed by atoms with E-state index in [0.717, 1.165) is 9.48 Å². The predicted octanol–water partition coefficient (Wildman–Crippen LogP) is 2.45. The minimum atomic E-state index is 0.0885. The highest BCUT2D eigenvalue weighted by molar-refractivity contribution is 9.10. The molecule has 2 rings (SSSR count). The summed E-state index contributed by atoms with van der Waals surface area (Å²) in [4.78, 5) is 12.2. The second-order valence-corrected chi connectivity index (χ2v) is 4.94. The molecule has 0 aromatic carbocycles. The Morgan fingerprint density at radius 3 is 3.00 bits per heavy atom. The fourth-order valence-electron chi connectivity index (χ4n) is 1.20. The summed E-state index contributed by atoms with van der Waals surface area (Å²) >= 11 is 4.96. The van der Waals surface area contributed by atoms with Crippen molar-refractivity contribution in [1.82, 2.24) is 15.0 Å². The molecule has 0 saturated heterocycles. The van der Waals surface area contributed by atoms with E-state index in [2.05, 4.69) is 36.2 Å². The molecule has 2 heterocycles. The molecular weight excluding hydrogens is 290 g/mol. The van der Waals surface area contributed by atoms with E-state index < -0.39 is 0 Å². The maximum atomic E-state index is 5.53. The predicted molar refractivity (Wildman–Crippen MR) is 68.3 cm³/mol. The molecule has 2 aromatic rings. The van der Waals surface area contributed by atoms with Crippen LogP contribution >= 0.6 is 27.3 Å². The Morgan fingerprint density at radius 2 is 2.31 bits per heavy atom. The molecule has 84 valence electrons. The molecule has 0 amide bonds. The highest BCUT2D eigenvalue weighted by Crippen LogP contribution is 2.25. The first-order valence-corrected chi connectivity index (χ1v) is 6.28. The molecule has 7 heteroatoms. The number of hydrogen-bond acceptors (Lipinski definition) is 6. The monoisotopic (exact) mass is 299 g/mol. The molecule has 1 unspecified atom stereocenters. The maximum absolute atomic E-state index is 5.53. The molecule has 3 N–H and O–H groups in total. The van der Waals surface area contributed by atoms with Gasteiger partial charge < -0.3 is 11.1 Å². The Kier molecular flexibility index (Phi) is 3.35. The number of thiazole rings is 1. The molecule has 0 fully saturated rings. The summed E-state index contributed by atoms with van der Waals surface area (Å²) in [5.74, 6) is 0.923. The minimum Gasteiger partial charge on any atom is -0.368 e. The zero-order valence-electron chi connectivity index (χ0n) is 8.51. The van der Waals surface area contributed by atoms with Gasteiger partial charge in [-0.15, -0.1) is 11.3 Å². The third kappa shape index (κ3) is 2.48. The molecule has 0 aliphatic rings. The maximum Gasteiger partial charge on any atom is 0.221 e. The van der Waals surface area contributed by atoms with Crippen LogP contribution in [0, 0.1) is 0 Å². The van der Waals surface area contributed by atoms with Crippen molar-refractivity contribution in [2.75, 3.05) is 11.1 Å². The van der Waals surface area contributed by atoms with Crippen molar-refractivity contribution in [2.45, 2.75) is 13.0 Å². The Morgan fingerprint density at radius 1 is 1.50 bits per heavy atom. The van der Waals surface area contributed by atoms with Crippen molar-refractivity contribution in [3.63, 3.8) is 0 Å². The largest absolute Gasteiger partial charge is 0.368 e. The molecule has 0 aliphatic heterocycles. The van der Waals surface area contributed by atoms with Crippen molar-refractivity contribution in [3.8, 4) is 0 Å². The molecule has 0 aliphatic carbocycles. The Labute approximate surface area is 105 Å². The average molecular weight is 300 g/mol. The molecule has 0 saturated carbocycles. The molecule has 0 bridgehead atoms. The van der Waals surface area contributed by atoms with Gasteiger partial charge in [-0.3, -0.25) is 0 Å². The van der Waals surface area contributed by atoms with E-state index in [1.807, 2.05) is 12.3 Å². The van der Waals surface area contributed by atoms with Crippen LogP contribution in [0.1, 0.15) is 18.0 Å². The minimum absolute atomic E-state index is 0.0885. The van der Waals surface area contributed by atoms with E-state index in [9.17, 15) is 0 Å². The van der Waals surface area contributed by atoms with Gasteiger partial charge in [-0.1, -0.05) is 0 Å². The first-order valence-electron chi connectivity index (χ1n) is 4.61. The van der Waals surface area contributed by atoms with Gasteiger partial charge >= 0.3 is 0 Å². The fourth-order valence-corrected chi connectivity index (χ4v) is 2.15. The summed E-state index contributed by atoms with van der Waals surface area (Å²) in [6, 6.07) is 0.0885. The fraction of sp³-hybridized carbons (Fsp3) is 0.222. The SMILES string of the molecule is CC(Nc1nc(N)ncc1Br)c1nccs1. The number of nitrogen functional groups attached to an aromatic ring is 1. The summed E-state index contributed by atoms with van der Waals surface area (Å²) in [6.45, 7) is 2.02. The highest BCUT2D eigenvalue weighted by Gasteiger charge is 2.11. The molecule has 0 radical (unpaired) electrons. The van der Waals surface area contributed by atoms with E-state index in [1.165, 1.54) is 0 Å². The van der Waals surface area contributed by atoms with Crippen molar-refractivity contribution in [3.05, 3.63) is 27.3 Å². The first-order chi connectivity index (χ1) is 7.66.